The molecule has 0 aromatic rings. The minimum absolute atomic E-state index is 0.0542. The number of thiol groups is 6. The van der Waals surface area contributed by atoms with E-state index in [-0.39, 0.29) is 35.4 Å². The molecule has 81 heavy (non-hydrogen) atoms. The molecule has 0 aromatic carbocycles. The first-order chi connectivity index (χ1) is 37.8. The van der Waals surface area contributed by atoms with Crippen LogP contribution < -0.4 is 75.3 Å². The summed E-state index contributed by atoms with van der Waals surface area (Å²) in [6.45, 7) is 6.39. The summed E-state index contributed by atoms with van der Waals surface area (Å²) < 4.78 is 0. The van der Waals surface area contributed by atoms with Crippen LogP contribution in [-0.4, -0.2) is 213 Å². The molecule has 12 atom stereocenters. The topological polar surface area (TPSA) is 493 Å². The first-order valence-corrected chi connectivity index (χ1v) is 28.3. The Balaban J connectivity index is 5.89. The zero-order valence-corrected chi connectivity index (χ0v) is 50.0. The summed E-state index contributed by atoms with van der Waals surface area (Å²) in [5.74, 6) is -17.1. The van der Waals surface area contributed by atoms with Crippen LogP contribution in [0.5, 0.6) is 0 Å². The number of rotatable bonds is 38. The maximum atomic E-state index is 13.7. The number of nitrogens with one attached hydrogen (secondary N) is 12. The van der Waals surface area contributed by atoms with E-state index in [1.54, 1.807) is 13.8 Å². The number of carbonyl (C=O) groups excluding carboxylic acids is 13. The SMILES string of the molecule is CC(C)C[C@H](NC(=O)[C@H](CCC(=O)O)NC(=O)[C@H](CS)NC(=O)[C@@H](N)CS)C(=O)N[C@@H](CS)C(=O)N[C@@H](CS)C(=O)N[C@@H](CC(N)=O)C(=O)N[C@@H](C)C(=O)N[C@@H](C)C(=O)N[C@@H](CS)C(=O)N[C@@H](C)C(=O)NCC(=O)N[C@@H](CS)C(=O)O. The van der Waals surface area contributed by atoms with E-state index in [1.807, 2.05) is 0 Å². The second-order valence-electron chi connectivity index (χ2n) is 18.2. The molecule has 0 heterocycles. The van der Waals surface area contributed by atoms with Gasteiger partial charge in [0.25, 0.3) is 0 Å². The van der Waals surface area contributed by atoms with Gasteiger partial charge in [0.2, 0.25) is 76.8 Å². The normalized spacial score (nSPS) is 15.4. The molecule has 0 rings (SSSR count). The lowest BCUT2D eigenvalue weighted by molar-refractivity contribution is -0.141. The van der Waals surface area contributed by atoms with Crippen molar-refractivity contribution in [2.45, 2.75) is 133 Å². The summed E-state index contributed by atoms with van der Waals surface area (Å²) in [4.78, 5) is 192. The highest BCUT2D eigenvalue weighted by atomic mass is 32.1. The van der Waals surface area contributed by atoms with Crippen molar-refractivity contribution in [2.75, 3.05) is 41.1 Å². The van der Waals surface area contributed by atoms with Gasteiger partial charge in [0, 0.05) is 40.9 Å². The highest BCUT2D eigenvalue weighted by Gasteiger charge is 2.35. The van der Waals surface area contributed by atoms with E-state index in [9.17, 15) is 77.0 Å². The Labute approximate surface area is 499 Å². The zero-order chi connectivity index (χ0) is 62.4. The van der Waals surface area contributed by atoms with Crippen molar-refractivity contribution in [1.29, 1.82) is 0 Å². The Morgan fingerprint density at radius 2 is 0.728 bits per heavy atom. The molecule has 0 saturated carbocycles. The van der Waals surface area contributed by atoms with Crippen LogP contribution in [0, 0.1) is 5.92 Å². The molecular formula is C44H74N14O17S6. The molecule has 0 aliphatic heterocycles. The molecule has 18 N–H and O–H groups in total. The molecule has 37 heteroatoms. The molecule has 0 unspecified atom stereocenters. The van der Waals surface area contributed by atoms with Gasteiger partial charge in [-0.05, 0) is 39.5 Å². The molecule has 0 aliphatic carbocycles. The number of primary amides is 1. The fourth-order valence-corrected chi connectivity index (χ4v) is 7.80. The summed E-state index contributed by atoms with van der Waals surface area (Å²) in [5, 5.41) is 46.2. The highest BCUT2D eigenvalue weighted by molar-refractivity contribution is 7.81. The fraction of sp³-hybridized carbons (Fsp3) is 0.659. The van der Waals surface area contributed by atoms with Gasteiger partial charge in [-0.15, -0.1) is 0 Å². The van der Waals surface area contributed by atoms with Gasteiger partial charge in [-0.25, -0.2) is 4.79 Å². The number of amides is 13. The quantitative estimate of drug-likeness (QED) is 0.0255. The van der Waals surface area contributed by atoms with Crippen LogP contribution in [0.15, 0.2) is 0 Å². The predicted molar refractivity (Wildman–Crippen MR) is 310 cm³/mol. The summed E-state index contributed by atoms with van der Waals surface area (Å²) >= 11 is 24.2. The van der Waals surface area contributed by atoms with Crippen molar-refractivity contribution >= 4 is 165 Å². The third kappa shape index (κ3) is 28.6. The van der Waals surface area contributed by atoms with Crippen molar-refractivity contribution in [3.05, 3.63) is 0 Å². The molecule has 0 fully saturated rings. The largest absolute Gasteiger partial charge is 0.481 e. The highest BCUT2D eigenvalue weighted by Crippen LogP contribution is 2.09. The maximum absolute atomic E-state index is 13.7. The molecule has 0 aliphatic rings. The minimum atomic E-state index is -1.77. The smallest absolute Gasteiger partial charge is 0.327 e. The fourth-order valence-electron chi connectivity index (χ4n) is 6.36. The van der Waals surface area contributed by atoms with Gasteiger partial charge in [-0.2, -0.15) is 75.8 Å². The molecule has 0 spiro atoms. The maximum Gasteiger partial charge on any atom is 0.327 e. The van der Waals surface area contributed by atoms with Crippen molar-refractivity contribution in [1.82, 2.24) is 63.8 Å². The van der Waals surface area contributed by atoms with E-state index in [0.29, 0.717) is 0 Å². The van der Waals surface area contributed by atoms with Gasteiger partial charge in [-0.1, -0.05) is 13.8 Å². The number of carboxylic acids is 2. The minimum Gasteiger partial charge on any atom is -0.481 e. The van der Waals surface area contributed by atoms with Gasteiger partial charge in [0.1, 0.15) is 66.5 Å². The molecule has 0 bridgehead atoms. The van der Waals surface area contributed by atoms with Crippen LogP contribution in [0.25, 0.3) is 0 Å². The Hall–Kier alpha value is -5.89. The second-order valence-corrected chi connectivity index (χ2v) is 20.4. The molecular weight excluding hydrogens is 1190 g/mol. The monoisotopic (exact) mass is 1260 g/mol. The standard InChI is InChI=1S/C44H74N14O17S6/c1-17(2)8-23(53-37(67)22(6-7-32(61)62)52-41(71)26(13-78)56-36(66)21(45)11-76)39(69)57-28(15-80)43(73)58-27(14-79)42(72)54-24(9-30(46)59)38(68)50-19(4)34(64)48-20(5)35(65)55-25(12-77)40(70)49-18(3)33(63)47-10-31(60)51-29(16-81)44(74)75/h17-29,76-81H,6-16,45H2,1-5H3,(H2,46,59)(H,47,63)(H,48,64)(H,49,70)(H,50,68)(H,51,60)(H,52,71)(H,53,67)(H,54,72)(H,55,65)(H,56,66)(H,57,69)(H,58,73)(H,61,62)(H,74,75)/t18-,19-,20-,21-,22-,23-,24-,25-,26-,27-,28-,29-/m0/s1. The van der Waals surface area contributed by atoms with Gasteiger partial charge in [0.05, 0.1) is 19.0 Å². The molecule has 458 valence electrons. The van der Waals surface area contributed by atoms with E-state index in [2.05, 4.69) is 140 Å². The van der Waals surface area contributed by atoms with Gasteiger partial charge in [0.15, 0.2) is 0 Å². The first-order valence-electron chi connectivity index (χ1n) is 24.6. The van der Waals surface area contributed by atoms with E-state index in [1.165, 1.54) is 20.8 Å². The van der Waals surface area contributed by atoms with Gasteiger partial charge < -0.3 is 85.5 Å². The zero-order valence-electron chi connectivity index (χ0n) is 44.6. The van der Waals surface area contributed by atoms with Crippen LogP contribution in [-0.2, 0) is 71.9 Å². The van der Waals surface area contributed by atoms with E-state index >= 15 is 0 Å². The van der Waals surface area contributed by atoms with Crippen molar-refractivity contribution < 1.29 is 82.1 Å². The van der Waals surface area contributed by atoms with Gasteiger partial charge >= 0.3 is 11.9 Å². The number of carbonyl (C=O) groups is 15. The molecule has 0 aromatic heterocycles. The number of aliphatic carboxylic acids is 2. The van der Waals surface area contributed by atoms with E-state index in [0.717, 1.165) is 0 Å². The van der Waals surface area contributed by atoms with Crippen LogP contribution in [0.3, 0.4) is 0 Å². The summed E-state index contributed by atoms with van der Waals surface area (Å²) in [6, 6.07) is -17.0. The number of hydrogen-bond acceptors (Lipinski definition) is 22. The van der Waals surface area contributed by atoms with Crippen LogP contribution >= 0.6 is 75.8 Å². The Bertz CT molecular complexity index is 2280. The third-order valence-corrected chi connectivity index (χ3v) is 13.2. The van der Waals surface area contributed by atoms with Crippen molar-refractivity contribution in [3.63, 3.8) is 0 Å². The lowest BCUT2D eigenvalue weighted by Gasteiger charge is -2.27. The average Bonchev–Trinajstić information content (AvgIpc) is 3.40. The molecule has 0 saturated heterocycles. The van der Waals surface area contributed by atoms with Crippen molar-refractivity contribution in [3.8, 4) is 0 Å². The predicted octanol–water partition coefficient (Wildman–Crippen LogP) is -7.73. The van der Waals surface area contributed by atoms with Crippen LogP contribution in [0.4, 0.5) is 0 Å². The second kappa shape index (κ2) is 38.7. The number of nitrogens with two attached hydrogens (primary N) is 2. The van der Waals surface area contributed by atoms with E-state index in [4.69, 9.17) is 16.6 Å². The van der Waals surface area contributed by atoms with E-state index < -0.39 is 199 Å². The third-order valence-electron chi connectivity index (χ3n) is 10.9. The molecule has 0 radical (unpaired) electrons. The van der Waals surface area contributed by atoms with Crippen LogP contribution in [0.2, 0.25) is 0 Å². The van der Waals surface area contributed by atoms with Crippen LogP contribution in [0.1, 0.15) is 60.3 Å². The Morgan fingerprint density at radius 1 is 0.395 bits per heavy atom. The Morgan fingerprint density at radius 3 is 1.14 bits per heavy atom. The summed E-state index contributed by atoms with van der Waals surface area (Å²) in [7, 11) is 0. The lowest BCUT2D eigenvalue weighted by Crippen LogP contribution is -2.61. The van der Waals surface area contributed by atoms with Crippen molar-refractivity contribution in [2.24, 2.45) is 17.4 Å². The Kier molecular flexibility index (Phi) is 35.9. The summed E-state index contributed by atoms with van der Waals surface area (Å²) in [5.41, 5.74) is 11.0. The number of carboxylic acid groups (broad SMARTS) is 2. The lowest BCUT2D eigenvalue weighted by atomic mass is 10.0. The summed E-state index contributed by atoms with van der Waals surface area (Å²) in [6.07, 6.45) is -1.96. The molecule has 31 nitrogen and oxygen atoms in total. The first kappa shape index (κ1) is 75.1. The molecule has 13 amide bonds. The number of hydrogen-bond donors (Lipinski definition) is 22. The average molecular weight is 1260 g/mol. The van der Waals surface area contributed by atoms with Gasteiger partial charge in [-0.3, -0.25) is 67.1 Å².